The van der Waals surface area contributed by atoms with E-state index in [2.05, 4.69) is 4.72 Å². The zero-order valence-corrected chi connectivity index (χ0v) is 13.5. The smallest absolute Gasteiger partial charge is 0.301 e. The molecule has 1 aliphatic rings. The highest BCUT2D eigenvalue weighted by Crippen LogP contribution is 2.17. The lowest BCUT2D eigenvalue weighted by Crippen LogP contribution is -2.36. The molecular formula is C14H21N3O2S2. The molecule has 116 valence electrons. The third-order valence-electron chi connectivity index (χ3n) is 3.48. The van der Waals surface area contributed by atoms with Crippen molar-refractivity contribution in [3.8, 4) is 0 Å². The zero-order valence-electron chi connectivity index (χ0n) is 11.9. The second-order valence-corrected chi connectivity index (χ2v) is 7.46. The lowest BCUT2D eigenvalue weighted by Gasteiger charge is -2.20. The third-order valence-corrected chi connectivity index (χ3v) is 5.17. The Bertz CT molecular complexity index is 577. The topological polar surface area (TPSA) is 75.4 Å². The van der Waals surface area contributed by atoms with Crippen LogP contribution >= 0.6 is 12.2 Å². The average molecular weight is 327 g/mol. The van der Waals surface area contributed by atoms with Gasteiger partial charge in [0.1, 0.15) is 0 Å². The summed E-state index contributed by atoms with van der Waals surface area (Å²) in [5.41, 5.74) is 7.02. The van der Waals surface area contributed by atoms with Crippen molar-refractivity contribution in [3.05, 3.63) is 29.8 Å². The minimum atomic E-state index is -3.46. The van der Waals surface area contributed by atoms with E-state index in [-0.39, 0.29) is 0 Å². The molecule has 1 fully saturated rings. The molecule has 1 aromatic rings. The van der Waals surface area contributed by atoms with E-state index < -0.39 is 10.2 Å². The second-order valence-electron chi connectivity index (χ2n) is 5.26. The number of rotatable bonds is 5. The maximum atomic E-state index is 12.3. The van der Waals surface area contributed by atoms with Crippen molar-refractivity contribution in [1.29, 1.82) is 0 Å². The molecule has 0 atom stereocenters. The van der Waals surface area contributed by atoms with Gasteiger partial charge in [-0.15, -0.1) is 0 Å². The normalized spacial score (nSPS) is 17.1. The van der Waals surface area contributed by atoms with Crippen LogP contribution in [0.5, 0.6) is 0 Å². The van der Waals surface area contributed by atoms with Gasteiger partial charge in [0.2, 0.25) is 0 Å². The molecule has 1 aliphatic heterocycles. The molecular weight excluding hydrogens is 306 g/mol. The van der Waals surface area contributed by atoms with Crippen LogP contribution in [-0.4, -0.2) is 30.8 Å². The molecule has 0 spiro atoms. The average Bonchev–Trinajstić information content (AvgIpc) is 2.69. The predicted molar refractivity (Wildman–Crippen MR) is 89.5 cm³/mol. The van der Waals surface area contributed by atoms with Gasteiger partial charge in [-0.3, -0.25) is 4.72 Å². The third kappa shape index (κ3) is 4.94. The van der Waals surface area contributed by atoms with Crippen molar-refractivity contribution in [2.75, 3.05) is 17.8 Å². The number of nitrogens with two attached hydrogens (primary N) is 1. The van der Waals surface area contributed by atoms with Crippen LogP contribution in [0.4, 0.5) is 5.69 Å². The van der Waals surface area contributed by atoms with Gasteiger partial charge in [-0.25, -0.2) is 0 Å². The lowest BCUT2D eigenvalue weighted by molar-refractivity contribution is 0.427. The Hall–Kier alpha value is -1.18. The van der Waals surface area contributed by atoms with Gasteiger partial charge >= 0.3 is 10.2 Å². The molecule has 5 nitrogen and oxygen atoms in total. The molecule has 0 saturated carbocycles. The van der Waals surface area contributed by atoms with Gasteiger partial charge in [-0.1, -0.05) is 37.2 Å². The molecule has 21 heavy (non-hydrogen) atoms. The molecule has 0 amide bonds. The monoisotopic (exact) mass is 327 g/mol. The van der Waals surface area contributed by atoms with Crippen LogP contribution in [0.25, 0.3) is 0 Å². The Balaban J connectivity index is 2.03. The Morgan fingerprint density at radius 2 is 1.71 bits per heavy atom. The van der Waals surface area contributed by atoms with Gasteiger partial charge < -0.3 is 5.73 Å². The first-order valence-corrected chi connectivity index (χ1v) is 8.97. The SMILES string of the molecule is NC(=S)Cc1ccc(NS(=O)(=O)N2CCCCCC2)cc1. The summed E-state index contributed by atoms with van der Waals surface area (Å²) >= 11 is 4.86. The van der Waals surface area contributed by atoms with E-state index in [9.17, 15) is 8.42 Å². The number of hydrogen-bond donors (Lipinski definition) is 2. The Kier molecular flexibility index (Phi) is 5.55. The van der Waals surface area contributed by atoms with Crippen molar-refractivity contribution in [3.63, 3.8) is 0 Å². The van der Waals surface area contributed by atoms with Gasteiger partial charge in [0.05, 0.1) is 4.99 Å². The van der Waals surface area contributed by atoms with E-state index in [1.54, 1.807) is 12.1 Å². The van der Waals surface area contributed by atoms with Crippen LogP contribution < -0.4 is 10.5 Å². The summed E-state index contributed by atoms with van der Waals surface area (Å²) in [6.45, 7) is 1.18. The standard InChI is InChI=1S/C14H21N3O2S2/c15-14(20)11-12-5-7-13(8-6-12)16-21(18,19)17-9-3-1-2-4-10-17/h5-8,16H,1-4,9-11H2,(H2,15,20). The summed E-state index contributed by atoms with van der Waals surface area (Å²) in [7, 11) is -3.46. The first-order chi connectivity index (χ1) is 9.97. The molecule has 1 saturated heterocycles. The van der Waals surface area contributed by atoms with Crippen LogP contribution in [0, 0.1) is 0 Å². The molecule has 0 aromatic heterocycles. The summed E-state index contributed by atoms with van der Waals surface area (Å²) in [6.07, 6.45) is 4.56. The van der Waals surface area contributed by atoms with E-state index in [4.69, 9.17) is 18.0 Å². The summed E-state index contributed by atoms with van der Waals surface area (Å²) in [6, 6.07) is 7.14. The van der Waals surface area contributed by atoms with Crippen molar-refractivity contribution in [1.82, 2.24) is 4.31 Å². The largest absolute Gasteiger partial charge is 0.393 e. The highest BCUT2D eigenvalue weighted by atomic mass is 32.2. The fraction of sp³-hybridized carbons (Fsp3) is 0.500. The zero-order chi connectivity index (χ0) is 15.3. The highest BCUT2D eigenvalue weighted by Gasteiger charge is 2.22. The minimum absolute atomic E-state index is 0.424. The highest BCUT2D eigenvalue weighted by molar-refractivity contribution is 7.90. The van der Waals surface area contributed by atoms with E-state index in [0.29, 0.717) is 30.2 Å². The van der Waals surface area contributed by atoms with Gasteiger partial charge in [0, 0.05) is 25.2 Å². The number of nitrogens with zero attached hydrogens (tertiary/aromatic N) is 1. The fourth-order valence-corrected chi connectivity index (χ4v) is 3.86. The van der Waals surface area contributed by atoms with Crippen LogP contribution in [-0.2, 0) is 16.6 Å². The maximum Gasteiger partial charge on any atom is 0.301 e. The second kappa shape index (κ2) is 7.20. The van der Waals surface area contributed by atoms with Crippen molar-refractivity contribution >= 4 is 33.1 Å². The number of nitrogens with one attached hydrogen (secondary N) is 1. The summed E-state index contributed by atoms with van der Waals surface area (Å²) in [4.78, 5) is 0.424. The first kappa shape index (κ1) is 16.2. The Morgan fingerprint density at radius 3 is 2.24 bits per heavy atom. The molecule has 0 bridgehead atoms. The van der Waals surface area contributed by atoms with Gasteiger partial charge in [0.25, 0.3) is 0 Å². The Morgan fingerprint density at radius 1 is 1.14 bits per heavy atom. The van der Waals surface area contributed by atoms with Crippen LogP contribution in [0.15, 0.2) is 24.3 Å². The van der Waals surface area contributed by atoms with Crippen LogP contribution in [0.2, 0.25) is 0 Å². The maximum absolute atomic E-state index is 12.3. The number of anilines is 1. The van der Waals surface area contributed by atoms with Crippen molar-refractivity contribution in [2.45, 2.75) is 32.1 Å². The number of hydrogen-bond acceptors (Lipinski definition) is 3. The van der Waals surface area contributed by atoms with Crippen LogP contribution in [0.1, 0.15) is 31.2 Å². The van der Waals surface area contributed by atoms with Gasteiger partial charge in [-0.05, 0) is 30.5 Å². The Labute approximate surface area is 131 Å². The van der Waals surface area contributed by atoms with E-state index >= 15 is 0 Å². The fourth-order valence-electron chi connectivity index (χ4n) is 2.39. The summed E-state index contributed by atoms with van der Waals surface area (Å²) in [5.74, 6) is 0. The van der Waals surface area contributed by atoms with Crippen LogP contribution in [0.3, 0.4) is 0 Å². The number of benzene rings is 1. The summed E-state index contributed by atoms with van der Waals surface area (Å²) < 4.78 is 28.9. The molecule has 7 heteroatoms. The van der Waals surface area contributed by atoms with Crippen molar-refractivity contribution in [2.24, 2.45) is 5.73 Å². The molecule has 3 N–H and O–H groups in total. The molecule has 1 heterocycles. The minimum Gasteiger partial charge on any atom is -0.393 e. The molecule has 1 aromatic carbocycles. The van der Waals surface area contributed by atoms with E-state index in [1.807, 2.05) is 12.1 Å². The molecule has 0 radical (unpaired) electrons. The molecule has 0 unspecified atom stereocenters. The predicted octanol–water partition coefficient (Wildman–Crippen LogP) is 2.05. The van der Waals surface area contributed by atoms with Gasteiger partial charge in [-0.2, -0.15) is 12.7 Å². The molecule has 0 aliphatic carbocycles. The molecule has 2 rings (SSSR count). The number of thiocarbonyl (C=S) groups is 1. The quantitative estimate of drug-likeness (QED) is 0.812. The van der Waals surface area contributed by atoms with Crippen molar-refractivity contribution < 1.29 is 8.42 Å². The van der Waals surface area contributed by atoms with E-state index in [0.717, 1.165) is 31.2 Å². The summed E-state index contributed by atoms with van der Waals surface area (Å²) in [5, 5.41) is 0. The van der Waals surface area contributed by atoms with Gasteiger partial charge in [0.15, 0.2) is 0 Å². The van der Waals surface area contributed by atoms with E-state index in [1.165, 1.54) is 4.31 Å². The lowest BCUT2D eigenvalue weighted by atomic mass is 10.1. The first-order valence-electron chi connectivity index (χ1n) is 7.12.